The first kappa shape index (κ1) is 23.8. The van der Waals surface area contributed by atoms with Gasteiger partial charge in [0.1, 0.15) is 0 Å². The van der Waals surface area contributed by atoms with Gasteiger partial charge in [0.05, 0.1) is 6.07 Å². The molecule has 2 fully saturated rings. The van der Waals surface area contributed by atoms with E-state index in [4.69, 9.17) is 5.26 Å². The molecule has 0 saturated heterocycles. The van der Waals surface area contributed by atoms with Crippen LogP contribution < -0.4 is 0 Å². The quantitative estimate of drug-likeness (QED) is 0.212. The van der Waals surface area contributed by atoms with Crippen LogP contribution in [-0.2, 0) is 6.42 Å². The molecule has 0 heterocycles. The molecule has 1 aromatic rings. The standard InChI is InChI=1S/C30H43N/c1-2-3-4-5-7-10-25-12-16-27(17-13-25)29-20-22-30(23-21-29)28-18-14-26(15-19-28)11-8-6-9-24-31/h6,8-9,11-13,16-17,26,28-30H,2-5,7,10,14-15,18-23H2,1H3/b9-6+,11-8+. The van der Waals surface area contributed by atoms with Crippen molar-refractivity contribution in [2.45, 2.75) is 103 Å². The molecule has 0 amide bonds. The van der Waals surface area contributed by atoms with Crippen LogP contribution in [-0.4, -0.2) is 0 Å². The zero-order chi connectivity index (χ0) is 21.7. The van der Waals surface area contributed by atoms with Gasteiger partial charge in [0.15, 0.2) is 0 Å². The summed E-state index contributed by atoms with van der Waals surface area (Å²) in [6.07, 6.45) is 27.0. The second-order valence-corrected chi connectivity index (χ2v) is 10.1. The molecule has 2 aliphatic carbocycles. The van der Waals surface area contributed by atoms with Gasteiger partial charge in [-0.25, -0.2) is 0 Å². The van der Waals surface area contributed by atoms with Gasteiger partial charge in [-0.3, -0.25) is 0 Å². The van der Waals surface area contributed by atoms with Gasteiger partial charge in [0.25, 0.3) is 0 Å². The van der Waals surface area contributed by atoms with Crippen LogP contribution >= 0.6 is 0 Å². The Morgan fingerprint density at radius 1 is 0.806 bits per heavy atom. The maximum Gasteiger partial charge on any atom is 0.0912 e. The lowest BCUT2D eigenvalue weighted by molar-refractivity contribution is 0.171. The number of nitriles is 1. The second-order valence-electron chi connectivity index (χ2n) is 10.1. The number of hydrogen-bond donors (Lipinski definition) is 0. The zero-order valence-electron chi connectivity index (χ0n) is 19.8. The summed E-state index contributed by atoms with van der Waals surface area (Å²) in [7, 11) is 0. The average Bonchev–Trinajstić information content (AvgIpc) is 2.83. The Hall–Kier alpha value is -1.81. The van der Waals surface area contributed by atoms with Crippen molar-refractivity contribution in [1.82, 2.24) is 0 Å². The molecule has 2 aliphatic rings. The van der Waals surface area contributed by atoms with E-state index in [0.29, 0.717) is 0 Å². The molecular formula is C30H43N. The molecule has 0 aliphatic heterocycles. The van der Waals surface area contributed by atoms with E-state index < -0.39 is 0 Å². The van der Waals surface area contributed by atoms with Crippen molar-refractivity contribution >= 4 is 0 Å². The largest absolute Gasteiger partial charge is 0.193 e. The summed E-state index contributed by atoms with van der Waals surface area (Å²) in [6.45, 7) is 2.29. The lowest BCUT2D eigenvalue weighted by atomic mass is 9.68. The molecule has 2 saturated carbocycles. The summed E-state index contributed by atoms with van der Waals surface area (Å²) < 4.78 is 0. The summed E-state index contributed by atoms with van der Waals surface area (Å²) in [5.74, 6) is 3.43. The van der Waals surface area contributed by atoms with Crippen molar-refractivity contribution in [1.29, 1.82) is 5.26 Å². The van der Waals surface area contributed by atoms with Gasteiger partial charge in [0.2, 0.25) is 0 Å². The molecule has 0 atom stereocenters. The number of rotatable bonds is 10. The summed E-state index contributed by atoms with van der Waals surface area (Å²) in [5, 5.41) is 8.57. The third kappa shape index (κ3) is 7.99. The lowest BCUT2D eigenvalue weighted by Gasteiger charge is -2.37. The molecule has 31 heavy (non-hydrogen) atoms. The van der Waals surface area contributed by atoms with Crippen molar-refractivity contribution in [2.75, 3.05) is 0 Å². The van der Waals surface area contributed by atoms with Crippen LogP contribution in [0.5, 0.6) is 0 Å². The van der Waals surface area contributed by atoms with E-state index in [2.05, 4.69) is 49.4 Å². The van der Waals surface area contributed by atoms with Gasteiger partial charge < -0.3 is 0 Å². The van der Waals surface area contributed by atoms with Crippen LogP contribution in [0, 0.1) is 29.1 Å². The minimum Gasteiger partial charge on any atom is -0.193 e. The Balaban J connectivity index is 1.36. The summed E-state index contributed by atoms with van der Waals surface area (Å²) in [4.78, 5) is 0. The SMILES string of the molecule is CCCCCCCc1ccc(C2CCC(C3CCC(/C=C/C=C/C#N)CC3)CC2)cc1. The molecule has 0 unspecified atom stereocenters. The molecule has 1 aromatic carbocycles. The maximum absolute atomic E-state index is 8.57. The maximum atomic E-state index is 8.57. The monoisotopic (exact) mass is 417 g/mol. The number of hydrogen-bond acceptors (Lipinski definition) is 1. The zero-order valence-corrected chi connectivity index (χ0v) is 19.8. The molecule has 0 spiro atoms. The van der Waals surface area contributed by atoms with E-state index in [9.17, 15) is 0 Å². The molecule has 0 N–H and O–H groups in total. The first-order valence-corrected chi connectivity index (χ1v) is 13.1. The van der Waals surface area contributed by atoms with Gasteiger partial charge in [-0.1, -0.05) is 75.1 Å². The van der Waals surface area contributed by atoms with E-state index in [1.165, 1.54) is 95.5 Å². The minimum absolute atomic E-state index is 0.723. The van der Waals surface area contributed by atoms with Crippen LogP contribution in [0.3, 0.4) is 0 Å². The van der Waals surface area contributed by atoms with Crippen molar-refractivity contribution < 1.29 is 0 Å². The lowest BCUT2D eigenvalue weighted by Crippen LogP contribution is -2.25. The molecular weight excluding hydrogens is 374 g/mol. The molecule has 1 heteroatoms. The predicted octanol–water partition coefficient (Wildman–Crippen LogP) is 8.92. The van der Waals surface area contributed by atoms with Gasteiger partial charge >= 0.3 is 0 Å². The molecule has 0 bridgehead atoms. The highest BCUT2D eigenvalue weighted by Gasteiger charge is 2.30. The van der Waals surface area contributed by atoms with Crippen molar-refractivity contribution in [3.05, 3.63) is 59.7 Å². The molecule has 168 valence electrons. The number of nitrogens with zero attached hydrogens (tertiary/aromatic N) is 1. The molecule has 1 nitrogen and oxygen atoms in total. The summed E-state index contributed by atoms with van der Waals surface area (Å²) in [5.41, 5.74) is 3.12. The van der Waals surface area contributed by atoms with Crippen LogP contribution in [0.15, 0.2) is 48.6 Å². The molecule has 0 aromatic heterocycles. The molecule has 0 radical (unpaired) electrons. The molecule has 3 rings (SSSR count). The van der Waals surface area contributed by atoms with E-state index in [0.717, 1.165) is 23.7 Å². The fourth-order valence-corrected chi connectivity index (χ4v) is 5.94. The van der Waals surface area contributed by atoms with Crippen LogP contribution in [0.4, 0.5) is 0 Å². The highest BCUT2D eigenvalue weighted by molar-refractivity contribution is 5.26. The Morgan fingerprint density at radius 3 is 2.10 bits per heavy atom. The van der Waals surface area contributed by atoms with E-state index >= 15 is 0 Å². The Labute approximate surface area is 191 Å². The highest BCUT2D eigenvalue weighted by Crippen LogP contribution is 2.44. The van der Waals surface area contributed by atoms with E-state index in [1.54, 1.807) is 11.6 Å². The summed E-state index contributed by atoms with van der Waals surface area (Å²) in [6, 6.07) is 11.7. The highest BCUT2D eigenvalue weighted by atomic mass is 14.4. The van der Waals surface area contributed by atoms with Gasteiger partial charge in [-0.15, -0.1) is 0 Å². The van der Waals surface area contributed by atoms with E-state index in [-0.39, 0.29) is 0 Å². The topological polar surface area (TPSA) is 23.8 Å². The van der Waals surface area contributed by atoms with E-state index in [1.807, 2.05) is 6.08 Å². The van der Waals surface area contributed by atoms with Crippen LogP contribution in [0.25, 0.3) is 0 Å². The number of unbranched alkanes of at least 4 members (excludes halogenated alkanes) is 4. The fourth-order valence-electron chi connectivity index (χ4n) is 5.94. The number of allylic oxidation sites excluding steroid dienone is 4. The van der Waals surface area contributed by atoms with Gasteiger partial charge in [-0.2, -0.15) is 5.26 Å². The number of benzene rings is 1. The third-order valence-electron chi connectivity index (χ3n) is 7.94. The third-order valence-corrected chi connectivity index (χ3v) is 7.94. The minimum atomic E-state index is 0.723. The van der Waals surface area contributed by atoms with Gasteiger partial charge in [-0.05, 0) is 99.0 Å². The summed E-state index contributed by atoms with van der Waals surface area (Å²) >= 11 is 0. The normalized spacial score (nSPS) is 27.0. The van der Waals surface area contributed by atoms with Gasteiger partial charge in [0, 0.05) is 6.08 Å². The second kappa shape index (κ2) is 13.6. The first-order chi connectivity index (χ1) is 15.3. The van der Waals surface area contributed by atoms with Crippen LogP contribution in [0.1, 0.15) is 107 Å². The van der Waals surface area contributed by atoms with Crippen LogP contribution in [0.2, 0.25) is 0 Å². The fraction of sp³-hybridized carbons (Fsp3) is 0.633. The van der Waals surface area contributed by atoms with Crippen molar-refractivity contribution in [2.24, 2.45) is 17.8 Å². The Morgan fingerprint density at radius 2 is 1.45 bits per heavy atom. The van der Waals surface area contributed by atoms with Crippen molar-refractivity contribution in [3.63, 3.8) is 0 Å². The number of aryl methyl sites for hydroxylation is 1. The average molecular weight is 418 g/mol. The predicted molar refractivity (Wildman–Crippen MR) is 133 cm³/mol. The Bertz CT molecular complexity index is 704. The first-order valence-electron chi connectivity index (χ1n) is 13.1. The van der Waals surface area contributed by atoms with Crippen molar-refractivity contribution in [3.8, 4) is 6.07 Å². The smallest absolute Gasteiger partial charge is 0.0912 e. The Kier molecular flexibility index (Phi) is 10.4.